The molecule has 2 N–H and O–H groups in total. The van der Waals surface area contributed by atoms with Crippen molar-refractivity contribution in [2.24, 2.45) is 5.41 Å². The van der Waals surface area contributed by atoms with Crippen LogP contribution >= 0.6 is 0 Å². The van der Waals surface area contributed by atoms with Crippen molar-refractivity contribution in [1.82, 2.24) is 15.8 Å². The van der Waals surface area contributed by atoms with Crippen molar-refractivity contribution in [3.8, 4) is 0 Å². The molecular weight excluding hydrogens is 222 g/mol. The average molecular weight is 255 g/mol. The molecule has 3 nitrogen and oxygen atoms in total. The molecule has 0 amide bonds. The van der Waals surface area contributed by atoms with Crippen LogP contribution in [0.3, 0.4) is 0 Å². The number of hydrogen-bond acceptors (Lipinski definition) is 3. The molecule has 0 spiro atoms. The monoisotopic (exact) mass is 255 g/mol. The lowest BCUT2D eigenvalue weighted by Crippen LogP contribution is -2.55. The number of nitrogens with zero attached hydrogens (tertiary/aromatic N) is 1. The molecule has 1 aliphatic rings. The lowest BCUT2D eigenvalue weighted by Gasteiger charge is -2.43. The number of hydrogen-bond donors (Lipinski definition) is 2. The summed E-state index contributed by atoms with van der Waals surface area (Å²) < 4.78 is 0. The normalized spacial score (nSPS) is 38.8. The van der Waals surface area contributed by atoms with Crippen molar-refractivity contribution in [2.45, 2.75) is 71.9 Å². The molecule has 0 aromatic carbocycles. The number of rotatable bonds is 2. The highest BCUT2D eigenvalue weighted by Crippen LogP contribution is 2.32. The Morgan fingerprint density at radius 2 is 1.67 bits per heavy atom. The highest BCUT2D eigenvalue weighted by Gasteiger charge is 2.38. The van der Waals surface area contributed by atoms with Crippen LogP contribution in [0.15, 0.2) is 0 Å². The molecule has 0 saturated carbocycles. The maximum Gasteiger partial charge on any atom is 0.0310 e. The Hall–Kier alpha value is -0.120. The van der Waals surface area contributed by atoms with Crippen LogP contribution in [0.25, 0.3) is 0 Å². The minimum atomic E-state index is 0.163. The van der Waals surface area contributed by atoms with Gasteiger partial charge in [0.2, 0.25) is 0 Å². The second kappa shape index (κ2) is 5.48. The largest absolute Gasteiger partial charge is 0.301 e. The van der Waals surface area contributed by atoms with E-state index >= 15 is 0 Å². The molecular formula is C15H33N3. The first-order valence-corrected chi connectivity index (χ1v) is 7.38. The lowest BCUT2D eigenvalue weighted by molar-refractivity contribution is 0.0767. The quantitative estimate of drug-likeness (QED) is 0.794. The second-order valence-electron chi connectivity index (χ2n) is 7.40. The SMILES string of the molecule is CCC1(C)CNNC(C)(CC)CC(C)(C)N(C)C1. The third kappa shape index (κ3) is 3.69. The Morgan fingerprint density at radius 3 is 2.17 bits per heavy atom. The molecule has 1 aliphatic heterocycles. The van der Waals surface area contributed by atoms with Crippen LogP contribution in [0.2, 0.25) is 0 Å². The predicted molar refractivity (Wildman–Crippen MR) is 79.6 cm³/mol. The highest BCUT2D eigenvalue weighted by molar-refractivity contribution is 4.95. The fourth-order valence-corrected chi connectivity index (χ4v) is 2.90. The summed E-state index contributed by atoms with van der Waals surface area (Å²) in [5.41, 5.74) is 7.79. The van der Waals surface area contributed by atoms with E-state index in [0.717, 1.165) is 25.9 Å². The Balaban J connectivity index is 2.96. The molecule has 1 rings (SSSR count). The van der Waals surface area contributed by atoms with Crippen LogP contribution in [-0.2, 0) is 0 Å². The zero-order valence-corrected chi connectivity index (χ0v) is 13.5. The van der Waals surface area contributed by atoms with Crippen LogP contribution in [0.1, 0.15) is 60.8 Å². The van der Waals surface area contributed by atoms with Crippen LogP contribution in [0, 0.1) is 5.41 Å². The Kier molecular flexibility index (Phi) is 4.85. The molecule has 3 heteroatoms. The maximum atomic E-state index is 3.58. The molecule has 0 aliphatic carbocycles. The first-order chi connectivity index (χ1) is 8.16. The topological polar surface area (TPSA) is 27.3 Å². The van der Waals surface area contributed by atoms with E-state index in [9.17, 15) is 0 Å². The molecule has 0 aromatic heterocycles. The van der Waals surface area contributed by atoms with E-state index in [2.05, 4.69) is 64.3 Å². The van der Waals surface area contributed by atoms with Gasteiger partial charge in [-0.15, -0.1) is 0 Å². The molecule has 2 unspecified atom stereocenters. The van der Waals surface area contributed by atoms with E-state index in [1.54, 1.807) is 0 Å². The maximum absolute atomic E-state index is 3.58. The summed E-state index contributed by atoms with van der Waals surface area (Å²) in [6.07, 6.45) is 3.49. The highest BCUT2D eigenvalue weighted by atomic mass is 15.4. The Labute approximate surface area is 114 Å². The minimum Gasteiger partial charge on any atom is -0.301 e. The van der Waals surface area contributed by atoms with E-state index < -0.39 is 0 Å². The van der Waals surface area contributed by atoms with Crippen LogP contribution in [0.4, 0.5) is 0 Å². The van der Waals surface area contributed by atoms with Crippen molar-refractivity contribution in [1.29, 1.82) is 0 Å². The molecule has 0 aromatic rings. The average Bonchev–Trinajstić information content (AvgIpc) is 2.30. The van der Waals surface area contributed by atoms with Gasteiger partial charge in [0, 0.05) is 24.2 Å². The summed E-state index contributed by atoms with van der Waals surface area (Å²) >= 11 is 0. The van der Waals surface area contributed by atoms with Gasteiger partial charge in [0.25, 0.3) is 0 Å². The van der Waals surface area contributed by atoms with Crippen molar-refractivity contribution in [3.05, 3.63) is 0 Å². The Bertz CT molecular complexity index is 277. The molecule has 1 fully saturated rings. The van der Waals surface area contributed by atoms with Gasteiger partial charge < -0.3 is 4.90 Å². The third-order valence-electron chi connectivity index (χ3n) is 5.01. The summed E-state index contributed by atoms with van der Waals surface area (Å²) in [5, 5.41) is 0. The molecule has 2 atom stereocenters. The first kappa shape index (κ1) is 15.9. The fraction of sp³-hybridized carbons (Fsp3) is 1.00. The van der Waals surface area contributed by atoms with Crippen molar-refractivity contribution < 1.29 is 0 Å². The van der Waals surface area contributed by atoms with Crippen molar-refractivity contribution in [2.75, 3.05) is 20.1 Å². The molecule has 1 heterocycles. The second-order valence-corrected chi connectivity index (χ2v) is 7.40. The summed E-state index contributed by atoms with van der Waals surface area (Å²) in [4.78, 5) is 2.54. The zero-order valence-electron chi connectivity index (χ0n) is 13.5. The van der Waals surface area contributed by atoms with E-state index in [1.165, 1.54) is 6.42 Å². The van der Waals surface area contributed by atoms with Crippen LogP contribution in [0.5, 0.6) is 0 Å². The smallest absolute Gasteiger partial charge is 0.0310 e. The minimum absolute atomic E-state index is 0.163. The summed E-state index contributed by atoms with van der Waals surface area (Å²) in [7, 11) is 2.27. The van der Waals surface area contributed by atoms with Gasteiger partial charge >= 0.3 is 0 Å². The Morgan fingerprint density at radius 1 is 1.06 bits per heavy atom. The van der Waals surface area contributed by atoms with Crippen molar-refractivity contribution in [3.63, 3.8) is 0 Å². The van der Waals surface area contributed by atoms with Crippen molar-refractivity contribution >= 4 is 0 Å². The van der Waals surface area contributed by atoms with E-state index in [0.29, 0.717) is 5.41 Å². The molecule has 0 bridgehead atoms. The van der Waals surface area contributed by atoms with Gasteiger partial charge in [0.15, 0.2) is 0 Å². The van der Waals surface area contributed by atoms with Crippen LogP contribution in [-0.4, -0.2) is 36.1 Å². The van der Waals surface area contributed by atoms with E-state index in [-0.39, 0.29) is 11.1 Å². The molecule has 18 heavy (non-hydrogen) atoms. The van der Waals surface area contributed by atoms with Gasteiger partial charge in [-0.1, -0.05) is 20.8 Å². The van der Waals surface area contributed by atoms with Crippen LogP contribution < -0.4 is 10.9 Å². The standard InChI is InChI=1S/C15H33N3/c1-8-14(5)11-16-17-15(6,9-2)10-13(3,4)18(7)12-14/h16-17H,8-12H2,1-7H3. The number of hydrazine groups is 1. The molecule has 0 radical (unpaired) electrons. The first-order valence-electron chi connectivity index (χ1n) is 7.38. The zero-order chi connectivity index (χ0) is 14.0. The van der Waals surface area contributed by atoms with Gasteiger partial charge in [0.05, 0.1) is 0 Å². The van der Waals surface area contributed by atoms with Gasteiger partial charge in [-0.3, -0.25) is 10.9 Å². The fourth-order valence-electron chi connectivity index (χ4n) is 2.90. The number of nitrogens with one attached hydrogen (secondary N) is 2. The third-order valence-corrected chi connectivity index (χ3v) is 5.01. The predicted octanol–water partition coefficient (Wildman–Crippen LogP) is 2.78. The van der Waals surface area contributed by atoms with Gasteiger partial charge in [-0.2, -0.15) is 0 Å². The molecule has 108 valence electrons. The van der Waals surface area contributed by atoms with Gasteiger partial charge in [-0.25, -0.2) is 0 Å². The van der Waals surface area contributed by atoms with E-state index in [1.807, 2.05) is 0 Å². The lowest BCUT2D eigenvalue weighted by atomic mass is 9.81. The summed E-state index contributed by atoms with van der Waals surface area (Å²) in [6.45, 7) is 16.2. The van der Waals surface area contributed by atoms with Gasteiger partial charge in [-0.05, 0) is 52.5 Å². The van der Waals surface area contributed by atoms with E-state index in [4.69, 9.17) is 0 Å². The summed E-state index contributed by atoms with van der Waals surface area (Å²) in [6, 6.07) is 0. The summed E-state index contributed by atoms with van der Waals surface area (Å²) in [5.74, 6) is 0. The molecule has 1 saturated heterocycles. The van der Waals surface area contributed by atoms with Gasteiger partial charge in [0.1, 0.15) is 0 Å².